The summed E-state index contributed by atoms with van der Waals surface area (Å²) in [5.74, 6) is -2.32. The van der Waals surface area contributed by atoms with Crippen molar-refractivity contribution in [1.29, 1.82) is 5.26 Å². The fraction of sp³-hybridized carbons (Fsp3) is 0.500. The number of benzene rings is 1. The number of halogens is 3. The highest BCUT2D eigenvalue weighted by Crippen LogP contribution is 2.47. The Balaban J connectivity index is 1.84. The maximum atomic E-state index is 13.7. The molecule has 0 bridgehead atoms. The number of carbonyl (C=O) groups excluding carboxylic acids is 1. The van der Waals surface area contributed by atoms with Gasteiger partial charge in [-0.2, -0.15) is 28.5 Å². The summed E-state index contributed by atoms with van der Waals surface area (Å²) in [6.07, 6.45) is -2.70. The molecule has 1 heterocycles. The Morgan fingerprint density at radius 1 is 1.37 bits per heavy atom. The minimum atomic E-state index is -5.06. The molecular weight excluding hydrogens is 363 g/mol. The predicted molar refractivity (Wildman–Crippen MR) is 88.5 cm³/mol. The average Bonchev–Trinajstić information content (AvgIpc) is 2.79. The third-order valence-electron chi connectivity index (χ3n) is 4.88. The Kier molecular flexibility index (Phi) is 5.11. The number of hydrazone groups is 1. The number of alkyl halides is 3. The number of aliphatic hydroxyl groups is 1. The summed E-state index contributed by atoms with van der Waals surface area (Å²) in [6.45, 7) is -0.777. The van der Waals surface area contributed by atoms with Gasteiger partial charge < -0.3 is 9.84 Å². The van der Waals surface area contributed by atoms with Gasteiger partial charge in [0.2, 0.25) is 0 Å². The second kappa shape index (κ2) is 7.19. The van der Waals surface area contributed by atoms with E-state index >= 15 is 0 Å². The van der Waals surface area contributed by atoms with Gasteiger partial charge in [-0.15, -0.1) is 0 Å². The Hall–Kier alpha value is -2.60. The second-order valence-electron chi connectivity index (χ2n) is 6.57. The maximum Gasteiger partial charge on any atom is 0.439 e. The minimum absolute atomic E-state index is 0.0740. The van der Waals surface area contributed by atoms with Gasteiger partial charge in [-0.1, -0.05) is 25.0 Å². The lowest BCUT2D eigenvalue weighted by Crippen LogP contribution is -2.61. The fourth-order valence-corrected chi connectivity index (χ4v) is 3.53. The number of carbonyl (C=O) groups is 1. The molecule has 0 spiro atoms. The number of amides is 1. The van der Waals surface area contributed by atoms with Crippen molar-refractivity contribution in [2.24, 2.45) is 11.0 Å². The number of rotatable bonds is 3. The lowest BCUT2D eigenvalue weighted by atomic mass is 9.87. The normalized spacial score (nSPS) is 25.2. The van der Waals surface area contributed by atoms with Gasteiger partial charge >= 0.3 is 6.18 Å². The van der Waals surface area contributed by atoms with Crippen molar-refractivity contribution in [3.8, 4) is 11.8 Å². The second-order valence-corrected chi connectivity index (χ2v) is 6.57. The summed E-state index contributed by atoms with van der Waals surface area (Å²) < 4.78 is 46.4. The lowest BCUT2D eigenvalue weighted by molar-refractivity contribution is -0.317. The van der Waals surface area contributed by atoms with Crippen LogP contribution in [0.25, 0.3) is 0 Å². The smallest absolute Gasteiger partial charge is 0.439 e. The van der Waals surface area contributed by atoms with E-state index in [-0.39, 0.29) is 28.5 Å². The Labute approximate surface area is 153 Å². The quantitative estimate of drug-likeness (QED) is 0.872. The Bertz CT molecular complexity index is 803. The Morgan fingerprint density at radius 3 is 2.81 bits per heavy atom. The van der Waals surface area contributed by atoms with E-state index in [2.05, 4.69) is 5.10 Å². The number of ether oxygens (including phenoxy) is 1. The molecule has 1 fully saturated rings. The molecule has 144 valence electrons. The first kappa shape index (κ1) is 19.2. The number of hydrogen-bond acceptors (Lipinski definition) is 5. The van der Waals surface area contributed by atoms with Gasteiger partial charge in [0, 0.05) is 5.71 Å². The maximum absolute atomic E-state index is 13.7. The zero-order valence-electron chi connectivity index (χ0n) is 14.4. The van der Waals surface area contributed by atoms with E-state index in [9.17, 15) is 23.1 Å². The molecule has 9 heteroatoms. The van der Waals surface area contributed by atoms with Crippen LogP contribution >= 0.6 is 0 Å². The zero-order valence-corrected chi connectivity index (χ0v) is 14.4. The number of nitriles is 1. The molecule has 0 unspecified atom stereocenters. The minimum Gasteiger partial charge on any atom is -0.482 e. The summed E-state index contributed by atoms with van der Waals surface area (Å²) in [5, 5.41) is 23.5. The Morgan fingerprint density at radius 2 is 2.11 bits per heavy atom. The monoisotopic (exact) mass is 381 g/mol. The van der Waals surface area contributed by atoms with Crippen molar-refractivity contribution in [3.05, 3.63) is 29.8 Å². The molecule has 27 heavy (non-hydrogen) atoms. The van der Waals surface area contributed by atoms with Crippen molar-refractivity contribution in [2.75, 3.05) is 6.61 Å². The SMILES string of the molecule is N#Cc1ccccc1OCC(=O)N1N=C2CCCCC[C@@H]2[C@]1(O)C(F)(F)F. The van der Waals surface area contributed by atoms with Crippen LogP contribution in [0.5, 0.6) is 5.75 Å². The largest absolute Gasteiger partial charge is 0.482 e. The van der Waals surface area contributed by atoms with E-state index < -0.39 is 30.3 Å². The highest BCUT2D eigenvalue weighted by molar-refractivity contribution is 5.93. The summed E-state index contributed by atoms with van der Waals surface area (Å²) in [4.78, 5) is 12.5. The zero-order chi connectivity index (χ0) is 19.7. The highest BCUT2D eigenvalue weighted by atomic mass is 19.4. The van der Waals surface area contributed by atoms with Crippen LogP contribution in [-0.2, 0) is 4.79 Å². The van der Waals surface area contributed by atoms with E-state index in [1.165, 1.54) is 12.1 Å². The molecule has 1 amide bonds. The molecule has 2 atom stereocenters. The molecule has 1 aliphatic heterocycles. The molecule has 1 aromatic carbocycles. The van der Waals surface area contributed by atoms with E-state index in [1.54, 1.807) is 12.1 Å². The van der Waals surface area contributed by atoms with E-state index in [0.29, 0.717) is 19.3 Å². The first-order valence-corrected chi connectivity index (χ1v) is 8.60. The molecule has 0 saturated heterocycles. The summed E-state index contributed by atoms with van der Waals surface area (Å²) in [7, 11) is 0. The molecule has 0 radical (unpaired) electrons. The molecule has 1 saturated carbocycles. The molecule has 2 aliphatic rings. The third-order valence-corrected chi connectivity index (χ3v) is 4.88. The topological polar surface area (TPSA) is 85.9 Å². The molecule has 1 N–H and O–H groups in total. The summed E-state index contributed by atoms with van der Waals surface area (Å²) >= 11 is 0. The molecule has 3 rings (SSSR count). The van der Waals surface area contributed by atoms with Crippen LogP contribution in [0.3, 0.4) is 0 Å². The predicted octanol–water partition coefficient (Wildman–Crippen LogP) is 2.97. The number of para-hydroxylation sites is 1. The highest BCUT2D eigenvalue weighted by Gasteiger charge is 2.68. The van der Waals surface area contributed by atoms with Crippen LogP contribution in [0.15, 0.2) is 29.4 Å². The summed E-state index contributed by atoms with van der Waals surface area (Å²) in [6, 6.07) is 7.92. The van der Waals surface area contributed by atoms with Crippen molar-refractivity contribution in [1.82, 2.24) is 5.01 Å². The van der Waals surface area contributed by atoms with Gasteiger partial charge in [0.1, 0.15) is 11.8 Å². The van der Waals surface area contributed by atoms with Gasteiger partial charge in [0.05, 0.1) is 11.5 Å². The molecular formula is C18H18F3N3O3. The van der Waals surface area contributed by atoms with Gasteiger partial charge in [0.15, 0.2) is 6.61 Å². The van der Waals surface area contributed by atoms with Crippen molar-refractivity contribution in [3.63, 3.8) is 0 Å². The fourth-order valence-electron chi connectivity index (χ4n) is 3.53. The first-order chi connectivity index (χ1) is 12.8. The van der Waals surface area contributed by atoms with Gasteiger partial charge in [-0.05, 0) is 31.4 Å². The lowest BCUT2D eigenvalue weighted by Gasteiger charge is -2.37. The first-order valence-electron chi connectivity index (χ1n) is 8.60. The molecule has 1 aromatic rings. The summed E-state index contributed by atoms with van der Waals surface area (Å²) in [5.41, 5.74) is -3.03. The van der Waals surface area contributed by atoms with Crippen molar-refractivity contribution >= 4 is 11.6 Å². The van der Waals surface area contributed by atoms with Crippen molar-refractivity contribution in [2.45, 2.75) is 44.0 Å². The van der Waals surface area contributed by atoms with Crippen molar-refractivity contribution < 1.29 is 27.8 Å². The van der Waals surface area contributed by atoms with Crippen LogP contribution in [-0.4, -0.2) is 40.2 Å². The van der Waals surface area contributed by atoms with Crippen LogP contribution in [0.1, 0.15) is 37.7 Å². The molecule has 6 nitrogen and oxygen atoms in total. The van der Waals surface area contributed by atoms with Crippen LogP contribution in [0.4, 0.5) is 13.2 Å². The van der Waals surface area contributed by atoms with E-state index in [4.69, 9.17) is 10.00 Å². The number of fused-ring (bicyclic) bond motifs is 1. The van der Waals surface area contributed by atoms with Gasteiger partial charge in [-0.3, -0.25) is 4.79 Å². The average molecular weight is 381 g/mol. The third kappa shape index (κ3) is 3.37. The van der Waals surface area contributed by atoms with Crippen LogP contribution < -0.4 is 4.74 Å². The van der Waals surface area contributed by atoms with E-state index in [0.717, 1.165) is 6.42 Å². The number of hydrogen-bond donors (Lipinski definition) is 1. The molecule has 0 aromatic heterocycles. The van der Waals surface area contributed by atoms with E-state index in [1.807, 2.05) is 6.07 Å². The number of nitrogens with zero attached hydrogens (tertiary/aromatic N) is 3. The van der Waals surface area contributed by atoms with Crippen LogP contribution in [0.2, 0.25) is 0 Å². The standard InChI is InChI=1S/C18H18F3N3O3/c19-18(20,21)17(26)13-7-2-1-3-8-14(13)23-24(17)16(25)11-27-15-9-5-4-6-12(15)10-22/h4-6,9,13,26H,1-3,7-8,11H2/t13-,17-/m0/s1. The molecule has 1 aliphatic carbocycles. The van der Waals surface area contributed by atoms with Gasteiger partial charge in [0.25, 0.3) is 11.6 Å². The van der Waals surface area contributed by atoms with Crippen LogP contribution in [0, 0.1) is 17.2 Å². The van der Waals surface area contributed by atoms with Gasteiger partial charge in [-0.25, -0.2) is 0 Å².